The molecule has 0 amide bonds. The molecule has 0 aliphatic rings. The minimum absolute atomic E-state index is 0.223. The van der Waals surface area contributed by atoms with E-state index in [2.05, 4.69) is 9.97 Å². The van der Waals surface area contributed by atoms with Gasteiger partial charge in [-0.3, -0.25) is 0 Å². The summed E-state index contributed by atoms with van der Waals surface area (Å²) < 4.78 is 0. The van der Waals surface area contributed by atoms with Crippen molar-refractivity contribution in [2.45, 2.75) is 13.0 Å². The Bertz CT molecular complexity index is 834. The van der Waals surface area contributed by atoms with E-state index in [1.54, 1.807) is 0 Å². The molecule has 0 aliphatic carbocycles. The van der Waals surface area contributed by atoms with Crippen molar-refractivity contribution in [2.24, 2.45) is 5.73 Å². The van der Waals surface area contributed by atoms with E-state index in [9.17, 15) is 4.79 Å². The second-order valence-corrected chi connectivity index (χ2v) is 5.22. The smallest absolute Gasteiger partial charge is 0.320 e. The second-order valence-electron chi connectivity index (χ2n) is 4.84. The van der Waals surface area contributed by atoms with E-state index in [4.69, 9.17) is 17.3 Å². The van der Waals surface area contributed by atoms with Gasteiger partial charge in [0.15, 0.2) is 0 Å². The fourth-order valence-corrected chi connectivity index (χ4v) is 2.58. The zero-order valence-electron chi connectivity index (χ0n) is 10.9. The number of halogens is 1. The molecule has 3 aromatic rings. The van der Waals surface area contributed by atoms with Crippen molar-refractivity contribution in [3.63, 3.8) is 0 Å². The van der Waals surface area contributed by atoms with Gasteiger partial charge in [0, 0.05) is 5.02 Å². The molecule has 0 saturated carbocycles. The quantitative estimate of drug-likeness (QED) is 0.678. The van der Waals surface area contributed by atoms with Crippen molar-refractivity contribution >= 4 is 22.6 Å². The Kier molecular flexibility index (Phi) is 3.12. The van der Waals surface area contributed by atoms with Crippen LogP contribution in [0.5, 0.6) is 0 Å². The number of hydrogen-bond acceptors (Lipinski definition) is 2. The molecule has 1 heterocycles. The number of aryl methyl sites for hydroxylation is 1. The summed E-state index contributed by atoms with van der Waals surface area (Å²) in [6, 6.07) is 11.1. The molecule has 0 aliphatic heterocycles. The molecule has 2 aromatic carbocycles. The summed E-state index contributed by atoms with van der Waals surface area (Å²) >= 11 is 6.32. The number of aromatic nitrogens is 2. The average molecular weight is 288 g/mol. The fraction of sp³-hybridized carbons (Fsp3) is 0.133. The van der Waals surface area contributed by atoms with Gasteiger partial charge in [-0.2, -0.15) is 0 Å². The van der Waals surface area contributed by atoms with Crippen molar-refractivity contribution < 1.29 is 0 Å². The third kappa shape index (κ3) is 2.13. The number of benzene rings is 2. The zero-order valence-corrected chi connectivity index (χ0v) is 11.7. The lowest BCUT2D eigenvalue weighted by atomic mass is 9.98. The maximum atomic E-state index is 11.3. The molecule has 5 heteroatoms. The Labute approximate surface area is 120 Å². The summed E-state index contributed by atoms with van der Waals surface area (Å²) in [5.41, 5.74) is 10.4. The Morgan fingerprint density at radius 3 is 2.70 bits per heavy atom. The summed E-state index contributed by atoms with van der Waals surface area (Å²) in [7, 11) is 0. The van der Waals surface area contributed by atoms with Crippen LogP contribution < -0.4 is 11.4 Å². The molecular formula is C15H14ClN3O. The van der Waals surface area contributed by atoms with Crippen molar-refractivity contribution in [1.29, 1.82) is 0 Å². The number of imidazole rings is 1. The molecule has 1 unspecified atom stereocenters. The summed E-state index contributed by atoms with van der Waals surface area (Å²) in [6.45, 7) is 1.95. The van der Waals surface area contributed by atoms with E-state index in [-0.39, 0.29) is 11.7 Å². The molecular weight excluding hydrogens is 274 g/mol. The number of hydrogen-bond donors (Lipinski definition) is 3. The van der Waals surface area contributed by atoms with E-state index in [0.29, 0.717) is 5.02 Å². The van der Waals surface area contributed by atoms with Crippen LogP contribution in [0, 0.1) is 6.92 Å². The molecule has 1 atom stereocenters. The number of rotatable bonds is 2. The SMILES string of the molecule is Cc1cccc(C(N)c2ccc3[nH]c(=O)[nH]c3c2)c1Cl. The van der Waals surface area contributed by atoms with Crippen LogP contribution in [0.3, 0.4) is 0 Å². The molecule has 0 saturated heterocycles. The molecule has 102 valence electrons. The standard InChI is InChI=1S/C15H14ClN3O/c1-8-3-2-4-10(13(8)16)14(17)9-5-6-11-12(7-9)19-15(20)18-11/h2-7,14H,17H2,1H3,(H2,18,19,20). The largest absolute Gasteiger partial charge is 0.323 e. The van der Waals surface area contributed by atoms with Crippen LogP contribution in [0.25, 0.3) is 11.0 Å². The van der Waals surface area contributed by atoms with Gasteiger partial charge < -0.3 is 15.7 Å². The normalized spacial score (nSPS) is 12.8. The van der Waals surface area contributed by atoms with Crippen LogP contribution >= 0.6 is 11.6 Å². The Balaban J connectivity index is 2.09. The van der Waals surface area contributed by atoms with E-state index < -0.39 is 0 Å². The van der Waals surface area contributed by atoms with E-state index in [1.807, 2.05) is 43.3 Å². The first-order valence-corrected chi connectivity index (χ1v) is 6.66. The van der Waals surface area contributed by atoms with Gasteiger partial charge in [-0.15, -0.1) is 0 Å². The third-order valence-electron chi connectivity index (χ3n) is 3.46. The fourth-order valence-electron chi connectivity index (χ4n) is 2.33. The van der Waals surface area contributed by atoms with Gasteiger partial charge in [-0.1, -0.05) is 35.9 Å². The molecule has 0 bridgehead atoms. The number of nitrogens with one attached hydrogen (secondary N) is 2. The number of nitrogens with two attached hydrogens (primary N) is 1. The lowest BCUT2D eigenvalue weighted by molar-refractivity contribution is 0.871. The maximum absolute atomic E-state index is 11.3. The Morgan fingerprint density at radius 1 is 1.15 bits per heavy atom. The Morgan fingerprint density at radius 2 is 1.90 bits per heavy atom. The Hall–Kier alpha value is -2.04. The van der Waals surface area contributed by atoms with Gasteiger partial charge in [-0.05, 0) is 35.7 Å². The number of fused-ring (bicyclic) bond motifs is 1. The summed E-state index contributed by atoms with van der Waals surface area (Å²) in [5, 5.41) is 0.683. The first-order chi connectivity index (χ1) is 9.56. The van der Waals surface area contributed by atoms with E-state index in [1.165, 1.54) is 0 Å². The number of aromatic amines is 2. The highest BCUT2D eigenvalue weighted by atomic mass is 35.5. The summed E-state index contributed by atoms with van der Waals surface area (Å²) in [6.07, 6.45) is 0. The van der Waals surface area contributed by atoms with Crippen molar-refractivity contribution in [2.75, 3.05) is 0 Å². The van der Waals surface area contributed by atoms with Gasteiger partial charge in [-0.25, -0.2) is 4.79 Å². The van der Waals surface area contributed by atoms with Gasteiger partial charge in [0.2, 0.25) is 0 Å². The molecule has 20 heavy (non-hydrogen) atoms. The van der Waals surface area contributed by atoms with Crippen molar-refractivity contribution in [3.05, 3.63) is 68.6 Å². The topological polar surface area (TPSA) is 74.7 Å². The molecule has 4 N–H and O–H groups in total. The molecule has 3 rings (SSSR count). The van der Waals surface area contributed by atoms with Crippen LogP contribution in [0.15, 0.2) is 41.2 Å². The van der Waals surface area contributed by atoms with Gasteiger partial charge in [0.1, 0.15) is 0 Å². The zero-order chi connectivity index (χ0) is 14.3. The molecule has 1 aromatic heterocycles. The lowest BCUT2D eigenvalue weighted by Gasteiger charge is -2.15. The van der Waals surface area contributed by atoms with Crippen LogP contribution in [0.4, 0.5) is 0 Å². The van der Waals surface area contributed by atoms with Crippen LogP contribution in [0.1, 0.15) is 22.7 Å². The van der Waals surface area contributed by atoms with E-state index in [0.717, 1.165) is 27.7 Å². The summed E-state index contributed by atoms with van der Waals surface area (Å²) in [4.78, 5) is 16.7. The predicted octanol–water partition coefficient (Wildman–Crippen LogP) is 2.87. The first kappa shape index (κ1) is 13.0. The summed E-state index contributed by atoms with van der Waals surface area (Å²) in [5.74, 6) is 0. The maximum Gasteiger partial charge on any atom is 0.323 e. The van der Waals surface area contributed by atoms with Gasteiger partial charge in [0.25, 0.3) is 0 Å². The van der Waals surface area contributed by atoms with Gasteiger partial charge >= 0.3 is 5.69 Å². The van der Waals surface area contributed by atoms with Gasteiger partial charge in [0.05, 0.1) is 17.1 Å². The third-order valence-corrected chi connectivity index (χ3v) is 3.97. The molecule has 0 spiro atoms. The van der Waals surface area contributed by atoms with Crippen molar-refractivity contribution in [3.8, 4) is 0 Å². The van der Waals surface area contributed by atoms with Crippen LogP contribution in [-0.4, -0.2) is 9.97 Å². The second kappa shape index (κ2) is 4.81. The molecule has 0 fully saturated rings. The van der Waals surface area contributed by atoms with Crippen LogP contribution in [-0.2, 0) is 0 Å². The molecule has 0 radical (unpaired) electrons. The monoisotopic (exact) mass is 287 g/mol. The highest BCUT2D eigenvalue weighted by molar-refractivity contribution is 6.32. The lowest BCUT2D eigenvalue weighted by Crippen LogP contribution is -2.12. The first-order valence-electron chi connectivity index (χ1n) is 6.29. The number of H-pyrrole nitrogens is 2. The predicted molar refractivity (Wildman–Crippen MR) is 81.1 cm³/mol. The minimum atomic E-state index is -0.329. The highest BCUT2D eigenvalue weighted by Gasteiger charge is 2.14. The highest BCUT2D eigenvalue weighted by Crippen LogP contribution is 2.29. The van der Waals surface area contributed by atoms with E-state index >= 15 is 0 Å². The molecule has 4 nitrogen and oxygen atoms in total. The average Bonchev–Trinajstić information content (AvgIpc) is 2.80. The minimum Gasteiger partial charge on any atom is -0.320 e. The van der Waals surface area contributed by atoms with Crippen LogP contribution in [0.2, 0.25) is 5.02 Å². The van der Waals surface area contributed by atoms with Crippen molar-refractivity contribution in [1.82, 2.24) is 9.97 Å².